The summed E-state index contributed by atoms with van der Waals surface area (Å²) < 4.78 is 1.17. The van der Waals surface area contributed by atoms with E-state index >= 15 is 0 Å². The molecule has 0 saturated carbocycles. The number of carboxylic acids is 1. The van der Waals surface area contributed by atoms with Gasteiger partial charge in [-0.1, -0.05) is 5.92 Å². The number of carbonyl (C=O) groups is 2. The minimum Gasteiger partial charge on any atom is -0.477 e. The lowest BCUT2D eigenvalue weighted by Crippen LogP contribution is -2.10. The smallest absolute Gasteiger partial charge is 0.355 e. The summed E-state index contributed by atoms with van der Waals surface area (Å²) >= 11 is 5.67. The van der Waals surface area contributed by atoms with Gasteiger partial charge in [0.1, 0.15) is 5.69 Å². The monoisotopic (exact) mass is 226 g/mol. The average Bonchev–Trinajstić information content (AvgIpc) is 2.52. The Morgan fingerprint density at radius 2 is 2.40 bits per heavy atom. The third-order valence-electron chi connectivity index (χ3n) is 1.68. The number of aldehydes is 1. The summed E-state index contributed by atoms with van der Waals surface area (Å²) in [5.74, 6) is 3.99. The fraction of sp³-hybridized carbons (Fsp3) is 0.222. The van der Waals surface area contributed by atoms with Crippen molar-refractivity contribution in [2.45, 2.75) is 13.5 Å². The quantitative estimate of drug-likeness (QED) is 0.618. The number of halogens is 1. The van der Waals surface area contributed by atoms with Gasteiger partial charge in [0, 0.05) is 0 Å². The lowest BCUT2D eigenvalue weighted by Gasteiger charge is -2.00. The van der Waals surface area contributed by atoms with Gasteiger partial charge in [0.2, 0.25) is 5.28 Å². The van der Waals surface area contributed by atoms with Crippen molar-refractivity contribution in [3.63, 3.8) is 0 Å². The summed E-state index contributed by atoms with van der Waals surface area (Å²) in [7, 11) is 0. The molecule has 78 valence electrons. The van der Waals surface area contributed by atoms with Crippen LogP contribution in [-0.4, -0.2) is 26.9 Å². The van der Waals surface area contributed by atoms with Crippen molar-refractivity contribution >= 4 is 23.9 Å². The Morgan fingerprint density at radius 1 is 1.73 bits per heavy atom. The third kappa shape index (κ3) is 2.17. The minimum atomic E-state index is -1.26. The first kappa shape index (κ1) is 11.3. The molecule has 0 aromatic carbocycles. The number of hydrogen-bond acceptors (Lipinski definition) is 3. The number of carbonyl (C=O) groups excluding carboxylic acids is 1. The number of imidazole rings is 1. The fourth-order valence-corrected chi connectivity index (χ4v) is 1.29. The van der Waals surface area contributed by atoms with E-state index in [1.807, 2.05) is 0 Å². The molecule has 1 N–H and O–H groups in total. The van der Waals surface area contributed by atoms with Gasteiger partial charge in [-0.05, 0) is 18.5 Å². The summed E-state index contributed by atoms with van der Waals surface area (Å²) in [5.41, 5.74) is -0.428. The van der Waals surface area contributed by atoms with Crippen molar-refractivity contribution in [2.75, 3.05) is 0 Å². The van der Waals surface area contributed by atoms with Gasteiger partial charge in [-0.25, -0.2) is 9.78 Å². The molecule has 0 aliphatic rings. The van der Waals surface area contributed by atoms with E-state index in [9.17, 15) is 9.59 Å². The first-order chi connectivity index (χ1) is 7.11. The van der Waals surface area contributed by atoms with Crippen LogP contribution in [0.5, 0.6) is 0 Å². The lowest BCUT2D eigenvalue weighted by atomic mass is 10.3. The Kier molecular flexibility index (Phi) is 3.47. The number of nitrogens with zero attached hydrogens (tertiary/aromatic N) is 2. The van der Waals surface area contributed by atoms with Gasteiger partial charge in [0.25, 0.3) is 0 Å². The van der Waals surface area contributed by atoms with Crippen molar-refractivity contribution in [3.8, 4) is 11.8 Å². The second-order valence-corrected chi connectivity index (χ2v) is 2.89. The van der Waals surface area contributed by atoms with E-state index in [4.69, 9.17) is 16.7 Å². The van der Waals surface area contributed by atoms with Crippen LogP contribution >= 0.6 is 11.6 Å². The van der Waals surface area contributed by atoms with Crippen LogP contribution in [0.1, 0.15) is 27.9 Å². The van der Waals surface area contributed by atoms with Gasteiger partial charge in [-0.2, -0.15) is 0 Å². The van der Waals surface area contributed by atoms with Crippen LogP contribution in [-0.2, 0) is 6.54 Å². The van der Waals surface area contributed by atoms with E-state index in [1.54, 1.807) is 6.92 Å². The Bertz CT molecular complexity index is 468. The van der Waals surface area contributed by atoms with Gasteiger partial charge >= 0.3 is 5.97 Å². The number of aromatic nitrogens is 2. The van der Waals surface area contributed by atoms with E-state index in [0.29, 0.717) is 6.29 Å². The third-order valence-corrected chi connectivity index (χ3v) is 1.96. The molecule has 6 heteroatoms. The van der Waals surface area contributed by atoms with Crippen LogP contribution < -0.4 is 0 Å². The van der Waals surface area contributed by atoms with Gasteiger partial charge in [0.15, 0.2) is 12.0 Å². The second kappa shape index (κ2) is 4.62. The van der Waals surface area contributed by atoms with Gasteiger partial charge in [0.05, 0.1) is 6.54 Å². The molecule has 1 heterocycles. The Morgan fingerprint density at radius 3 is 2.87 bits per heavy atom. The van der Waals surface area contributed by atoms with E-state index in [0.717, 1.165) is 0 Å². The summed E-state index contributed by atoms with van der Waals surface area (Å²) in [6.07, 6.45) is 0.352. The van der Waals surface area contributed by atoms with Crippen LogP contribution in [0.3, 0.4) is 0 Å². The largest absolute Gasteiger partial charge is 0.477 e. The summed E-state index contributed by atoms with van der Waals surface area (Å²) in [6.45, 7) is 1.71. The molecule has 0 atom stereocenters. The average molecular weight is 227 g/mol. The Labute approximate surface area is 90.7 Å². The maximum atomic E-state index is 10.9. The number of rotatable bonds is 3. The number of aromatic carboxylic acids is 1. The summed E-state index contributed by atoms with van der Waals surface area (Å²) in [4.78, 5) is 25.0. The zero-order valence-corrected chi connectivity index (χ0v) is 8.58. The van der Waals surface area contributed by atoms with Crippen LogP contribution in [0.4, 0.5) is 0 Å². The maximum absolute atomic E-state index is 10.9. The molecule has 1 aromatic heterocycles. The van der Waals surface area contributed by atoms with Gasteiger partial charge in [-0.3, -0.25) is 9.36 Å². The molecule has 15 heavy (non-hydrogen) atoms. The van der Waals surface area contributed by atoms with Crippen LogP contribution in [0.2, 0.25) is 5.28 Å². The van der Waals surface area contributed by atoms with E-state index in [2.05, 4.69) is 16.8 Å². The molecule has 0 bridgehead atoms. The standard InChI is InChI=1S/C9H7ClN2O3/c1-2-3-4-12-7(8(14)15)6(5-13)11-9(12)10/h5H,4H2,1H3,(H,14,15). The first-order valence-corrected chi connectivity index (χ1v) is 4.33. The highest BCUT2D eigenvalue weighted by atomic mass is 35.5. The van der Waals surface area contributed by atoms with Crippen LogP contribution in [0.15, 0.2) is 0 Å². The maximum Gasteiger partial charge on any atom is 0.355 e. The van der Waals surface area contributed by atoms with Crippen molar-refractivity contribution in [3.05, 3.63) is 16.7 Å². The Balaban J connectivity index is 3.32. The molecular formula is C9H7ClN2O3. The molecule has 0 fully saturated rings. The normalized spacial score (nSPS) is 9.20. The second-order valence-electron chi connectivity index (χ2n) is 2.55. The molecule has 0 saturated heterocycles. The van der Waals surface area contributed by atoms with E-state index < -0.39 is 5.97 Å². The summed E-state index contributed by atoms with van der Waals surface area (Å²) in [5, 5.41) is 8.81. The van der Waals surface area contributed by atoms with E-state index in [-0.39, 0.29) is 23.2 Å². The number of carboxylic acid groups (broad SMARTS) is 1. The Hall–Kier alpha value is -1.80. The van der Waals surface area contributed by atoms with Gasteiger partial charge in [-0.15, -0.1) is 5.92 Å². The highest BCUT2D eigenvalue weighted by Gasteiger charge is 2.20. The van der Waals surface area contributed by atoms with Crippen molar-refractivity contribution in [1.82, 2.24) is 9.55 Å². The molecular weight excluding hydrogens is 220 g/mol. The summed E-state index contributed by atoms with van der Waals surface area (Å²) in [6, 6.07) is 0. The molecule has 0 aliphatic carbocycles. The molecule has 1 aromatic rings. The van der Waals surface area contributed by atoms with Gasteiger partial charge < -0.3 is 5.11 Å². The first-order valence-electron chi connectivity index (χ1n) is 3.96. The van der Waals surface area contributed by atoms with Crippen LogP contribution in [0, 0.1) is 11.8 Å². The topological polar surface area (TPSA) is 72.2 Å². The predicted octanol–water partition coefficient (Wildman–Crippen LogP) is 1.07. The molecule has 0 unspecified atom stereocenters. The highest BCUT2D eigenvalue weighted by molar-refractivity contribution is 6.29. The van der Waals surface area contributed by atoms with Crippen LogP contribution in [0.25, 0.3) is 0 Å². The fourth-order valence-electron chi connectivity index (χ4n) is 1.05. The van der Waals surface area contributed by atoms with Crippen molar-refractivity contribution in [2.24, 2.45) is 0 Å². The molecule has 0 radical (unpaired) electrons. The van der Waals surface area contributed by atoms with E-state index in [1.165, 1.54) is 4.57 Å². The predicted molar refractivity (Wildman–Crippen MR) is 53.0 cm³/mol. The molecule has 0 amide bonds. The molecule has 5 nitrogen and oxygen atoms in total. The molecule has 1 rings (SSSR count). The molecule has 0 aliphatic heterocycles. The molecule has 0 spiro atoms. The zero-order chi connectivity index (χ0) is 11.4. The highest BCUT2D eigenvalue weighted by Crippen LogP contribution is 2.14. The SMILES string of the molecule is CC#CCn1c(Cl)nc(C=O)c1C(=O)O. The number of hydrogen-bond donors (Lipinski definition) is 1. The van der Waals surface area contributed by atoms with Crippen molar-refractivity contribution in [1.29, 1.82) is 0 Å². The zero-order valence-electron chi connectivity index (χ0n) is 7.82. The minimum absolute atomic E-state index is 0.0581. The van der Waals surface area contributed by atoms with Crippen molar-refractivity contribution < 1.29 is 14.7 Å². The lowest BCUT2D eigenvalue weighted by molar-refractivity contribution is 0.0682.